The first kappa shape index (κ1) is 26.1. The van der Waals surface area contributed by atoms with E-state index in [2.05, 4.69) is 51.1 Å². The van der Waals surface area contributed by atoms with Gasteiger partial charge in [0.15, 0.2) is 0 Å². The van der Waals surface area contributed by atoms with E-state index < -0.39 is 0 Å². The van der Waals surface area contributed by atoms with Gasteiger partial charge in [-0.25, -0.2) is 0 Å². The van der Waals surface area contributed by atoms with Crippen LogP contribution in [0.5, 0.6) is 0 Å². The Morgan fingerprint density at radius 3 is 2.23 bits per heavy atom. The molecule has 1 aliphatic carbocycles. The van der Waals surface area contributed by atoms with Crippen LogP contribution in [0, 0.1) is 16.7 Å². The summed E-state index contributed by atoms with van der Waals surface area (Å²) >= 11 is 0. The molecule has 1 aromatic carbocycles. The molecule has 7 heteroatoms. The van der Waals surface area contributed by atoms with Gasteiger partial charge in [0.05, 0.1) is 12.0 Å². The van der Waals surface area contributed by atoms with Gasteiger partial charge in [-0.05, 0) is 18.3 Å². The van der Waals surface area contributed by atoms with Gasteiger partial charge >= 0.3 is 0 Å². The van der Waals surface area contributed by atoms with Gasteiger partial charge in [0.25, 0.3) is 0 Å². The normalized spacial score (nSPS) is 31.7. The molecule has 5 nitrogen and oxygen atoms in total. The first-order valence-corrected chi connectivity index (χ1v) is 11.4. The fourth-order valence-electron chi connectivity index (χ4n) is 5.87. The van der Waals surface area contributed by atoms with Gasteiger partial charge < -0.3 is 34.6 Å². The Bertz CT molecular complexity index is 765. The number of benzene rings is 1. The molecule has 0 spiro atoms. The van der Waals surface area contributed by atoms with Crippen molar-refractivity contribution in [2.75, 3.05) is 39.3 Å². The van der Waals surface area contributed by atoms with Crippen LogP contribution < -0.4 is 34.6 Å². The molecule has 3 aliphatic rings. The van der Waals surface area contributed by atoms with Crippen LogP contribution in [0.25, 0.3) is 0 Å². The lowest BCUT2D eigenvalue weighted by atomic mass is 9.62. The third-order valence-electron chi connectivity index (χ3n) is 8.38. The largest absolute Gasteiger partial charge is 1.00 e. The van der Waals surface area contributed by atoms with E-state index in [0.717, 1.165) is 32.4 Å². The van der Waals surface area contributed by atoms with Crippen LogP contribution in [0.1, 0.15) is 45.6 Å². The maximum Gasteiger partial charge on any atom is 0.235 e. The Morgan fingerprint density at radius 1 is 0.968 bits per heavy atom. The molecule has 2 N–H and O–H groups in total. The molecule has 2 unspecified atom stereocenters. The quantitative estimate of drug-likeness (QED) is 0.407. The van der Waals surface area contributed by atoms with E-state index in [1.807, 2.05) is 0 Å². The number of rotatable bonds is 6. The standard InChI is InChI=1S/C24H35N3O2.2ClH/c1-23(2)20-10-11-24(23,3)22(29)27(21(20)28)13-7-12-25-14-16-26(17-15-25)18-19-8-5-4-6-9-19;;/h4-6,8-9,20H,7,10-18H2,1-3H3;2*1H. The van der Waals surface area contributed by atoms with Crippen LogP contribution >= 0.6 is 0 Å². The average molecular weight is 470 g/mol. The lowest BCUT2D eigenvalue weighted by molar-refractivity contribution is -1.02. The van der Waals surface area contributed by atoms with Crippen LogP contribution in [0.4, 0.5) is 0 Å². The number of nitrogens with one attached hydrogen (secondary N) is 2. The molecule has 0 radical (unpaired) electrons. The summed E-state index contributed by atoms with van der Waals surface area (Å²) in [4.78, 5) is 31.0. The van der Waals surface area contributed by atoms with Crippen molar-refractivity contribution >= 4 is 11.8 Å². The SMILES string of the molecule is CC12CCC(C(=O)N(CCC[NH+]3CC[NH+](Cc4ccccc4)CC3)C1=O)C2(C)C.[Cl-].[Cl-]. The fraction of sp³-hybridized carbons (Fsp3) is 0.667. The highest BCUT2D eigenvalue weighted by Crippen LogP contribution is 2.59. The van der Waals surface area contributed by atoms with Crippen LogP contribution in [-0.4, -0.2) is 56.0 Å². The molecule has 1 saturated carbocycles. The van der Waals surface area contributed by atoms with Gasteiger partial charge in [0, 0.05) is 24.4 Å². The number of carbonyl (C=O) groups excluding carboxylic acids is 2. The highest BCUT2D eigenvalue weighted by atomic mass is 35.5. The number of halogens is 2. The van der Waals surface area contributed by atoms with Crippen LogP contribution in [0.2, 0.25) is 0 Å². The molecule has 174 valence electrons. The van der Waals surface area contributed by atoms with Crippen molar-refractivity contribution in [3.63, 3.8) is 0 Å². The van der Waals surface area contributed by atoms with E-state index in [1.54, 1.807) is 14.7 Å². The average Bonchev–Trinajstić information content (AvgIpc) is 2.90. The zero-order chi connectivity index (χ0) is 20.6. The molecule has 2 amide bonds. The summed E-state index contributed by atoms with van der Waals surface area (Å²) in [7, 11) is 0. The summed E-state index contributed by atoms with van der Waals surface area (Å²) in [5, 5.41) is 0. The minimum absolute atomic E-state index is 0. The van der Waals surface area contributed by atoms with Gasteiger partial charge in [-0.1, -0.05) is 51.1 Å². The van der Waals surface area contributed by atoms with Crippen molar-refractivity contribution in [1.82, 2.24) is 4.90 Å². The summed E-state index contributed by atoms with van der Waals surface area (Å²) in [5.41, 5.74) is 0.838. The topological polar surface area (TPSA) is 46.3 Å². The van der Waals surface area contributed by atoms with Crippen LogP contribution in [0.15, 0.2) is 30.3 Å². The summed E-state index contributed by atoms with van der Waals surface area (Å²) < 4.78 is 0. The molecule has 2 bridgehead atoms. The number of carbonyl (C=O) groups is 2. The minimum Gasteiger partial charge on any atom is -1.00 e. The maximum atomic E-state index is 13.1. The number of likely N-dealkylation sites (tertiary alicyclic amines) is 1. The number of amides is 2. The molecular weight excluding hydrogens is 433 g/mol. The van der Waals surface area contributed by atoms with Gasteiger partial charge in [0.1, 0.15) is 32.7 Å². The molecule has 2 atom stereocenters. The van der Waals surface area contributed by atoms with Gasteiger partial charge in [0.2, 0.25) is 11.8 Å². The summed E-state index contributed by atoms with van der Waals surface area (Å²) in [5.74, 6) is 0.179. The van der Waals surface area contributed by atoms with Crippen LogP contribution in [0.3, 0.4) is 0 Å². The molecule has 31 heavy (non-hydrogen) atoms. The molecule has 4 rings (SSSR count). The number of hydrogen-bond acceptors (Lipinski definition) is 2. The third kappa shape index (κ3) is 4.80. The van der Waals surface area contributed by atoms with E-state index in [1.165, 1.54) is 31.7 Å². The number of piperazine rings is 1. The van der Waals surface area contributed by atoms with Crippen LogP contribution in [-0.2, 0) is 16.1 Å². The highest BCUT2D eigenvalue weighted by molar-refractivity contribution is 6.03. The second kappa shape index (κ2) is 10.2. The van der Waals surface area contributed by atoms with Crippen molar-refractivity contribution in [2.45, 2.75) is 46.6 Å². The number of piperidine rings is 1. The van der Waals surface area contributed by atoms with Gasteiger partial charge in [-0.2, -0.15) is 0 Å². The molecule has 2 heterocycles. The molecule has 0 aromatic heterocycles. The lowest BCUT2D eigenvalue weighted by Gasteiger charge is -2.47. The Kier molecular flexibility index (Phi) is 8.59. The monoisotopic (exact) mass is 469 g/mol. The first-order chi connectivity index (χ1) is 13.8. The third-order valence-corrected chi connectivity index (χ3v) is 8.38. The smallest absolute Gasteiger partial charge is 0.235 e. The predicted molar refractivity (Wildman–Crippen MR) is 112 cm³/mol. The highest BCUT2D eigenvalue weighted by Gasteiger charge is 2.64. The van der Waals surface area contributed by atoms with Crippen molar-refractivity contribution in [3.8, 4) is 0 Å². The number of fused-ring (bicyclic) bond motifs is 2. The van der Waals surface area contributed by atoms with E-state index in [0.29, 0.717) is 6.54 Å². The Morgan fingerprint density at radius 2 is 1.58 bits per heavy atom. The molecule has 2 aliphatic heterocycles. The maximum absolute atomic E-state index is 13.1. The lowest BCUT2D eigenvalue weighted by Crippen LogP contribution is -3.27. The fourth-order valence-corrected chi connectivity index (χ4v) is 5.87. The van der Waals surface area contributed by atoms with E-state index in [4.69, 9.17) is 0 Å². The Labute approximate surface area is 199 Å². The molecule has 1 aromatic rings. The number of quaternary nitrogens is 2. The number of imide groups is 1. The predicted octanol–water partition coefficient (Wildman–Crippen LogP) is -5.82. The summed E-state index contributed by atoms with van der Waals surface area (Å²) in [6.07, 6.45) is 2.63. The first-order valence-electron chi connectivity index (χ1n) is 11.4. The number of nitrogens with zero attached hydrogens (tertiary/aromatic N) is 1. The molecular formula is C24H37Cl2N3O2. The zero-order valence-electron chi connectivity index (χ0n) is 19.1. The summed E-state index contributed by atoms with van der Waals surface area (Å²) in [6.45, 7) is 13.8. The molecule has 2 saturated heterocycles. The second-order valence-electron chi connectivity index (χ2n) is 10.2. The molecule has 3 fully saturated rings. The van der Waals surface area contributed by atoms with E-state index >= 15 is 0 Å². The minimum atomic E-state index is -0.370. The Balaban J connectivity index is 0.00000171. The second-order valence-corrected chi connectivity index (χ2v) is 10.2. The number of hydrogen-bond donors (Lipinski definition) is 2. The zero-order valence-corrected chi connectivity index (χ0v) is 20.6. The Hall–Kier alpha value is -1.14. The van der Waals surface area contributed by atoms with Gasteiger partial charge in [-0.15, -0.1) is 0 Å². The summed E-state index contributed by atoms with van der Waals surface area (Å²) in [6, 6.07) is 10.7. The van der Waals surface area contributed by atoms with E-state index in [9.17, 15) is 9.59 Å². The van der Waals surface area contributed by atoms with Crippen molar-refractivity contribution in [2.24, 2.45) is 16.7 Å². The van der Waals surface area contributed by atoms with Crippen molar-refractivity contribution in [1.29, 1.82) is 0 Å². The van der Waals surface area contributed by atoms with Crippen molar-refractivity contribution in [3.05, 3.63) is 35.9 Å². The van der Waals surface area contributed by atoms with E-state index in [-0.39, 0.29) is 53.4 Å². The van der Waals surface area contributed by atoms with Gasteiger partial charge in [-0.3, -0.25) is 14.5 Å². The van der Waals surface area contributed by atoms with Crippen molar-refractivity contribution < 1.29 is 44.2 Å².